The molecule has 3 nitrogen and oxygen atoms in total. The van der Waals surface area contributed by atoms with Gasteiger partial charge < -0.3 is 4.57 Å². The van der Waals surface area contributed by atoms with E-state index in [-0.39, 0.29) is 0 Å². The van der Waals surface area contributed by atoms with E-state index in [1.54, 1.807) is 18.2 Å². The van der Waals surface area contributed by atoms with Crippen LogP contribution in [-0.2, 0) is 12.4 Å². The van der Waals surface area contributed by atoms with Gasteiger partial charge in [-0.2, -0.15) is 0 Å². The van der Waals surface area contributed by atoms with Crippen molar-refractivity contribution in [2.75, 3.05) is 0 Å². The van der Waals surface area contributed by atoms with Gasteiger partial charge in [-0.3, -0.25) is 0 Å². The minimum Gasteiger partial charge on any atom is -0.313 e. The predicted molar refractivity (Wildman–Crippen MR) is 69.1 cm³/mol. The van der Waals surface area contributed by atoms with Gasteiger partial charge in [-0.1, -0.05) is 45.2 Å². The molecule has 0 radical (unpaired) electrons. The van der Waals surface area contributed by atoms with Gasteiger partial charge in [-0.05, 0) is 12.1 Å². The molecule has 0 fully saturated rings. The maximum Gasteiger partial charge on any atom is 0.166 e. The van der Waals surface area contributed by atoms with Gasteiger partial charge in [0.05, 0.1) is 20.9 Å². The summed E-state index contributed by atoms with van der Waals surface area (Å²) in [5.74, 6) is 1.50. The van der Waals surface area contributed by atoms with Crippen LogP contribution in [0.1, 0.15) is 5.82 Å². The highest BCUT2D eigenvalue weighted by molar-refractivity contribution is 9.08. The van der Waals surface area contributed by atoms with Crippen molar-refractivity contribution in [3.05, 3.63) is 34.1 Å². The number of hydrogen-bond acceptors (Lipinski definition) is 2. The Hall–Kier alpha value is -0.580. The molecule has 6 heteroatoms. The van der Waals surface area contributed by atoms with Crippen LogP contribution < -0.4 is 0 Å². The number of hydrogen-bond donors (Lipinski definition) is 0. The van der Waals surface area contributed by atoms with Crippen molar-refractivity contribution in [3.8, 4) is 11.4 Å². The monoisotopic (exact) mass is 319 g/mol. The second-order valence-electron chi connectivity index (χ2n) is 3.23. The summed E-state index contributed by atoms with van der Waals surface area (Å²) in [4.78, 5) is 0. The van der Waals surface area contributed by atoms with Crippen LogP contribution in [0, 0.1) is 0 Å². The summed E-state index contributed by atoms with van der Waals surface area (Å²) in [6, 6.07) is 5.37. The number of aromatic nitrogens is 3. The summed E-state index contributed by atoms with van der Waals surface area (Å²) in [6.45, 7) is 0. The zero-order valence-electron chi connectivity index (χ0n) is 8.41. The Balaban J connectivity index is 2.63. The lowest BCUT2D eigenvalue weighted by Gasteiger charge is -2.06. The molecule has 0 aliphatic rings. The van der Waals surface area contributed by atoms with Crippen LogP contribution in [0.2, 0.25) is 10.0 Å². The fraction of sp³-hybridized carbons (Fsp3) is 0.200. The Labute approximate surface area is 112 Å². The number of benzene rings is 1. The van der Waals surface area contributed by atoms with Gasteiger partial charge in [-0.15, -0.1) is 10.2 Å². The molecule has 1 heterocycles. The molecule has 0 amide bonds. The lowest BCUT2D eigenvalue weighted by atomic mass is 10.2. The van der Waals surface area contributed by atoms with E-state index in [2.05, 4.69) is 26.1 Å². The lowest BCUT2D eigenvalue weighted by molar-refractivity contribution is 0.859. The maximum absolute atomic E-state index is 6.11. The first-order chi connectivity index (χ1) is 7.65. The number of rotatable bonds is 2. The molecule has 0 bridgehead atoms. The highest BCUT2D eigenvalue weighted by Gasteiger charge is 2.15. The molecule has 0 atom stereocenters. The van der Waals surface area contributed by atoms with Crippen molar-refractivity contribution >= 4 is 39.1 Å². The van der Waals surface area contributed by atoms with E-state index >= 15 is 0 Å². The Morgan fingerprint density at radius 1 is 1.25 bits per heavy atom. The topological polar surface area (TPSA) is 30.7 Å². The van der Waals surface area contributed by atoms with Crippen molar-refractivity contribution in [1.29, 1.82) is 0 Å². The quantitative estimate of drug-likeness (QED) is 0.790. The molecule has 0 spiro atoms. The van der Waals surface area contributed by atoms with Gasteiger partial charge in [-0.25, -0.2) is 0 Å². The van der Waals surface area contributed by atoms with Crippen LogP contribution in [0.15, 0.2) is 18.2 Å². The highest BCUT2D eigenvalue weighted by atomic mass is 79.9. The van der Waals surface area contributed by atoms with Crippen molar-refractivity contribution in [2.24, 2.45) is 7.05 Å². The summed E-state index contributed by atoms with van der Waals surface area (Å²) >= 11 is 15.6. The van der Waals surface area contributed by atoms with E-state index in [1.807, 2.05) is 11.6 Å². The zero-order valence-corrected chi connectivity index (χ0v) is 11.5. The summed E-state index contributed by atoms with van der Waals surface area (Å²) in [7, 11) is 1.88. The van der Waals surface area contributed by atoms with Gasteiger partial charge in [0, 0.05) is 7.05 Å². The second kappa shape index (κ2) is 4.73. The van der Waals surface area contributed by atoms with Crippen LogP contribution in [0.4, 0.5) is 0 Å². The molecule has 0 saturated heterocycles. The summed E-state index contributed by atoms with van der Waals surface area (Å²) in [5.41, 5.74) is 0.716. The van der Waals surface area contributed by atoms with Crippen molar-refractivity contribution < 1.29 is 0 Å². The standard InChI is InChI=1S/C10H8BrCl2N3/c1-16-8(5-11)14-15-10(16)9-6(12)3-2-4-7(9)13/h2-4H,5H2,1H3. The van der Waals surface area contributed by atoms with Gasteiger partial charge in [0.2, 0.25) is 0 Å². The Morgan fingerprint density at radius 3 is 2.38 bits per heavy atom. The Kier molecular flexibility index (Phi) is 3.52. The van der Waals surface area contributed by atoms with Crippen molar-refractivity contribution in [1.82, 2.24) is 14.8 Å². The Morgan fingerprint density at radius 2 is 1.88 bits per heavy atom. The van der Waals surface area contributed by atoms with E-state index in [4.69, 9.17) is 23.2 Å². The number of halogens is 3. The van der Waals surface area contributed by atoms with Crippen LogP contribution in [0.5, 0.6) is 0 Å². The van der Waals surface area contributed by atoms with Gasteiger partial charge in [0.15, 0.2) is 5.82 Å². The van der Waals surface area contributed by atoms with Gasteiger partial charge in [0.1, 0.15) is 5.82 Å². The molecule has 0 saturated carbocycles. The molecule has 2 aromatic rings. The molecule has 0 N–H and O–H groups in total. The van der Waals surface area contributed by atoms with E-state index in [0.29, 0.717) is 26.8 Å². The SMILES string of the molecule is Cn1c(CBr)nnc1-c1c(Cl)cccc1Cl. The summed E-state index contributed by atoms with van der Waals surface area (Å²) in [5, 5.41) is 9.92. The normalized spacial score (nSPS) is 10.8. The fourth-order valence-electron chi connectivity index (χ4n) is 1.41. The third-order valence-electron chi connectivity index (χ3n) is 2.27. The average Bonchev–Trinajstić information content (AvgIpc) is 2.60. The first-order valence-electron chi connectivity index (χ1n) is 4.53. The smallest absolute Gasteiger partial charge is 0.166 e. The van der Waals surface area contributed by atoms with Crippen molar-refractivity contribution in [3.63, 3.8) is 0 Å². The molecular formula is C10H8BrCl2N3. The van der Waals surface area contributed by atoms with E-state index < -0.39 is 0 Å². The highest BCUT2D eigenvalue weighted by Crippen LogP contribution is 2.33. The average molecular weight is 321 g/mol. The van der Waals surface area contributed by atoms with Gasteiger partial charge in [0.25, 0.3) is 0 Å². The third kappa shape index (κ3) is 1.97. The van der Waals surface area contributed by atoms with Crippen LogP contribution in [0.25, 0.3) is 11.4 Å². The number of nitrogens with zero attached hydrogens (tertiary/aromatic N) is 3. The lowest BCUT2D eigenvalue weighted by Crippen LogP contribution is -1.97. The molecule has 84 valence electrons. The molecule has 0 unspecified atom stereocenters. The molecule has 0 aliphatic heterocycles. The third-order valence-corrected chi connectivity index (χ3v) is 3.40. The predicted octanol–water partition coefficient (Wildman–Crippen LogP) is 3.68. The molecule has 1 aromatic carbocycles. The first kappa shape index (κ1) is 11.9. The molecule has 0 aliphatic carbocycles. The van der Waals surface area contributed by atoms with Gasteiger partial charge >= 0.3 is 0 Å². The first-order valence-corrected chi connectivity index (χ1v) is 6.41. The van der Waals surface area contributed by atoms with E-state index in [9.17, 15) is 0 Å². The van der Waals surface area contributed by atoms with Crippen LogP contribution in [0.3, 0.4) is 0 Å². The number of alkyl halides is 1. The van der Waals surface area contributed by atoms with Crippen LogP contribution in [-0.4, -0.2) is 14.8 Å². The summed E-state index contributed by atoms with van der Waals surface area (Å²) in [6.07, 6.45) is 0. The van der Waals surface area contributed by atoms with E-state index in [1.165, 1.54) is 0 Å². The maximum atomic E-state index is 6.11. The van der Waals surface area contributed by atoms with E-state index in [0.717, 1.165) is 5.82 Å². The minimum absolute atomic E-state index is 0.573. The molecular weight excluding hydrogens is 313 g/mol. The van der Waals surface area contributed by atoms with Crippen molar-refractivity contribution in [2.45, 2.75) is 5.33 Å². The molecule has 2 rings (SSSR count). The zero-order chi connectivity index (χ0) is 11.7. The minimum atomic E-state index is 0.573. The Bertz CT molecular complexity index is 505. The molecule has 16 heavy (non-hydrogen) atoms. The fourth-order valence-corrected chi connectivity index (χ4v) is 2.46. The van der Waals surface area contributed by atoms with Crippen LogP contribution >= 0.6 is 39.1 Å². The largest absolute Gasteiger partial charge is 0.313 e. The molecule has 1 aromatic heterocycles. The second-order valence-corrected chi connectivity index (χ2v) is 4.60. The summed E-state index contributed by atoms with van der Waals surface area (Å²) < 4.78 is 1.86.